The molecular weight excluding hydrogens is 191 g/mol. The predicted molar refractivity (Wildman–Crippen MR) is 43.2 cm³/mol. The first-order chi connectivity index (χ1) is 5.45. The van der Waals surface area contributed by atoms with Gasteiger partial charge in [0, 0.05) is 18.6 Å². The molecule has 0 heterocycles. The molecule has 0 spiro atoms. The van der Waals surface area contributed by atoms with Crippen molar-refractivity contribution in [2.45, 2.75) is 19.5 Å². The summed E-state index contributed by atoms with van der Waals surface area (Å²) in [4.78, 5) is 0. The molecule has 0 aliphatic heterocycles. The van der Waals surface area contributed by atoms with Crippen LogP contribution in [0.3, 0.4) is 0 Å². The highest BCUT2D eigenvalue weighted by atomic mass is 35.5. The minimum absolute atomic E-state index is 0.0639. The number of nitrogens with one attached hydrogen (secondary N) is 1. The SMILES string of the molecule is CC(=CCl)CNCCC(F)(F)F. The summed E-state index contributed by atoms with van der Waals surface area (Å²) in [5, 5.41) is 2.62. The van der Waals surface area contributed by atoms with Crippen LogP contribution in [0.4, 0.5) is 13.2 Å². The van der Waals surface area contributed by atoms with Crippen molar-refractivity contribution in [2.75, 3.05) is 13.1 Å². The van der Waals surface area contributed by atoms with Crippen LogP contribution in [0.5, 0.6) is 0 Å². The lowest BCUT2D eigenvalue weighted by Crippen LogP contribution is -2.22. The van der Waals surface area contributed by atoms with Gasteiger partial charge in [0.05, 0.1) is 6.42 Å². The monoisotopic (exact) mass is 201 g/mol. The topological polar surface area (TPSA) is 12.0 Å². The maximum Gasteiger partial charge on any atom is 0.390 e. The molecule has 0 amide bonds. The molecule has 0 aromatic carbocycles. The van der Waals surface area contributed by atoms with Gasteiger partial charge in [-0.3, -0.25) is 0 Å². The van der Waals surface area contributed by atoms with Crippen molar-refractivity contribution in [3.8, 4) is 0 Å². The molecule has 0 bridgehead atoms. The summed E-state index contributed by atoms with van der Waals surface area (Å²) in [6.07, 6.45) is -4.88. The van der Waals surface area contributed by atoms with Crippen molar-refractivity contribution in [1.82, 2.24) is 5.32 Å². The van der Waals surface area contributed by atoms with E-state index in [-0.39, 0.29) is 6.54 Å². The van der Waals surface area contributed by atoms with Crippen molar-refractivity contribution >= 4 is 11.6 Å². The van der Waals surface area contributed by atoms with Crippen LogP contribution in [0.25, 0.3) is 0 Å². The lowest BCUT2D eigenvalue weighted by molar-refractivity contribution is -0.133. The molecule has 0 atom stereocenters. The van der Waals surface area contributed by atoms with E-state index in [1.54, 1.807) is 6.92 Å². The molecule has 0 aliphatic carbocycles. The minimum atomic E-state index is -4.08. The fourth-order valence-corrected chi connectivity index (χ4v) is 0.631. The number of alkyl halides is 3. The Bertz CT molecular complexity index is 153. The van der Waals surface area contributed by atoms with Gasteiger partial charge in [0.2, 0.25) is 0 Å². The first-order valence-electron chi connectivity index (χ1n) is 3.49. The Balaban J connectivity index is 3.34. The Kier molecular flexibility index (Phi) is 5.33. The van der Waals surface area contributed by atoms with Crippen LogP contribution in [-0.2, 0) is 0 Å². The van der Waals surface area contributed by atoms with Crippen LogP contribution >= 0.6 is 11.6 Å². The van der Waals surface area contributed by atoms with E-state index in [4.69, 9.17) is 11.6 Å². The summed E-state index contributed by atoms with van der Waals surface area (Å²) in [5.41, 5.74) is 2.17. The second-order valence-corrected chi connectivity index (χ2v) is 2.72. The van der Waals surface area contributed by atoms with Gasteiger partial charge in [-0.25, -0.2) is 0 Å². The fourth-order valence-electron chi connectivity index (χ4n) is 0.554. The van der Waals surface area contributed by atoms with Gasteiger partial charge in [-0.2, -0.15) is 13.2 Å². The first-order valence-corrected chi connectivity index (χ1v) is 3.92. The van der Waals surface area contributed by atoms with Gasteiger partial charge >= 0.3 is 6.18 Å². The first kappa shape index (κ1) is 11.8. The van der Waals surface area contributed by atoms with Crippen LogP contribution in [0.15, 0.2) is 11.1 Å². The van der Waals surface area contributed by atoms with Gasteiger partial charge in [-0.1, -0.05) is 11.6 Å². The van der Waals surface area contributed by atoms with Gasteiger partial charge in [0.1, 0.15) is 0 Å². The van der Waals surface area contributed by atoms with Crippen LogP contribution in [-0.4, -0.2) is 19.3 Å². The van der Waals surface area contributed by atoms with Gasteiger partial charge < -0.3 is 5.32 Å². The standard InChI is InChI=1S/C7H11ClF3N/c1-6(4-8)5-12-3-2-7(9,10)11/h4,12H,2-3,5H2,1H3. The molecule has 0 aliphatic rings. The highest BCUT2D eigenvalue weighted by Crippen LogP contribution is 2.18. The summed E-state index contributed by atoms with van der Waals surface area (Å²) in [7, 11) is 0. The normalized spacial score (nSPS) is 13.6. The van der Waals surface area contributed by atoms with Crippen molar-refractivity contribution in [1.29, 1.82) is 0 Å². The summed E-state index contributed by atoms with van der Waals surface area (Å²) >= 11 is 5.30. The van der Waals surface area contributed by atoms with Gasteiger partial charge in [-0.05, 0) is 12.5 Å². The molecular formula is C7H11ClF3N. The molecule has 0 unspecified atom stereocenters. The zero-order valence-corrected chi connectivity index (χ0v) is 7.47. The number of hydrogen-bond donors (Lipinski definition) is 1. The maximum atomic E-state index is 11.6. The third-order valence-electron chi connectivity index (χ3n) is 1.18. The van der Waals surface area contributed by atoms with Gasteiger partial charge in [0.15, 0.2) is 0 Å². The average molecular weight is 202 g/mol. The second kappa shape index (κ2) is 5.43. The molecule has 1 nitrogen and oxygen atoms in total. The smallest absolute Gasteiger partial charge is 0.313 e. The van der Waals surface area contributed by atoms with E-state index in [0.717, 1.165) is 5.57 Å². The lowest BCUT2D eigenvalue weighted by atomic mass is 10.3. The summed E-state index contributed by atoms with van der Waals surface area (Å²) in [6.45, 7) is 2.08. The Labute approximate surface area is 74.6 Å². The van der Waals surface area contributed by atoms with E-state index in [1.807, 2.05) is 0 Å². The predicted octanol–water partition coefficient (Wildman–Crippen LogP) is 2.67. The molecule has 0 radical (unpaired) electrons. The van der Waals surface area contributed by atoms with E-state index in [1.165, 1.54) is 5.54 Å². The van der Waals surface area contributed by atoms with Crippen molar-refractivity contribution in [3.63, 3.8) is 0 Å². The Hall–Kier alpha value is -0.220. The van der Waals surface area contributed by atoms with Crippen LogP contribution in [0.1, 0.15) is 13.3 Å². The molecule has 1 N–H and O–H groups in total. The molecule has 5 heteroatoms. The summed E-state index contributed by atoms with van der Waals surface area (Å²) in [6, 6.07) is 0. The summed E-state index contributed by atoms with van der Waals surface area (Å²) in [5.74, 6) is 0. The quantitative estimate of drug-likeness (QED) is 0.690. The van der Waals surface area contributed by atoms with Gasteiger partial charge in [-0.15, -0.1) is 0 Å². The van der Waals surface area contributed by atoms with Crippen LogP contribution in [0, 0.1) is 0 Å². The van der Waals surface area contributed by atoms with E-state index < -0.39 is 12.6 Å². The van der Waals surface area contributed by atoms with E-state index >= 15 is 0 Å². The second-order valence-electron chi connectivity index (χ2n) is 2.50. The fraction of sp³-hybridized carbons (Fsp3) is 0.714. The zero-order valence-electron chi connectivity index (χ0n) is 6.71. The number of halogens is 4. The molecule has 0 fully saturated rings. The van der Waals surface area contributed by atoms with Crippen LogP contribution in [0.2, 0.25) is 0 Å². The molecule has 0 saturated heterocycles. The number of rotatable bonds is 4. The van der Waals surface area contributed by atoms with Crippen molar-refractivity contribution in [3.05, 3.63) is 11.1 Å². The third kappa shape index (κ3) is 7.88. The van der Waals surface area contributed by atoms with E-state index in [0.29, 0.717) is 6.54 Å². The van der Waals surface area contributed by atoms with E-state index in [2.05, 4.69) is 5.32 Å². The molecule has 72 valence electrons. The minimum Gasteiger partial charge on any atom is -0.313 e. The van der Waals surface area contributed by atoms with E-state index in [9.17, 15) is 13.2 Å². The molecule has 0 rings (SSSR count). The zero-order chi connectivity index (χ0) is 9.61. The summed E-state index contributed by atoms with van der Waals surface area (Å²) < 4.78 is 34.7. The Morgan fingerprint density at radius 1 is 1.50 bits per heavy atom. The maximum absolute atomic E-state index is 11.6. The largest absolute Gasteiger partial charge is 0.390 e. The Morgan fingerprint density at radius 2 is 2.08 bits per heavy atom. The highest BCUT2D eigenvalue weighted by Gasteiger charge is 2.25. The molecule has 0 saturated carbocycles. The molecule has 12 heavy (non-hydrogen) atoms. The van der Waals surface area contributed by atoms with Crippen molar-refractivity contribution in [2.24, 2.45) is 0 Å². The highest BCUT2D eigenvalue weighted by molar-refractivity contribution is 6.25. The molecule has 0 aromatic heterocycles. The van der Waals surface area contributed by atoms with Crippen molar-refractivity contribution < 1.29 is 13.2 Å². The number of hydrogen-bond acceptors (Lipinski definition) is 1. The average Bonchev–Trinajstić information content (AvgIpc) is 1.96. The molecule has 0 aromatic rings. The third-order valence-corrected chi connectivity index (χ3v) is 1.55. The lowest BCUT2D eigenvalue weighted by Gasteiger charge is -2.06. The van der Waals surface area contributed by atoms with Crippen LogP contribution < -0.4 is 5.32 Å². The van der Waals surface area contributed by atoms with Gasteiger partial charge in [0.25, 0.3) is 0 Å². The Morgan fingerprint density at radius 3 is 2.50 bits per heavy atom.